The van der Waals surface area contributed by atoms with E-state index in [9.17, 15) is 4.79 Å². The van der Waals surface area contributed by atoms with E-state index in [2.05, 4.69) is 20.7 Å². The second-order valence-electron chi connectivity index (χ2n) is 6.15. The standard InChI is InChI=1S/C19H21ClN6O/c1-2-17(19(27)22-12-11-13-3-9-16(21)10-4-13)26-24-18(23-25-26)14-5-7-15(20)8-6-14/h3-10,17H,2,11-12,21H2,1H3,(H,22,27). The van der Waals surface area contributed by atoms with E-state index in [1.54, 1.807) is 12.1 Å². The van der Waals surface area contributed by atoms with Gasteiger partial charge in [-0.15, -0.1) is 10.2 Å². The Kier molecular flexibility index (Phi) is 6.03. The number of amides is 1. The fourth-order valence-electron chi connectivity index (χ4n) is 2.66. The van der Waals surface area contributed by atoms with Gasteiger partial charge in [-0.25, -0.2) is 0 Å². The number of carbonyl (C=O) groups excluding carboxylic acids is 1. The molecule has 3 rings (SSSR count). The van der Waals surface area contributed by atoms with E-state index in [0.717, 1.165) is 23.2 Å². The van der Waals surface area contributed by atoms with Gasteiger partial charge in [-0.05, 0) is 60.0 Å². The van der Waals surface area contributed by atoms with Crippen molar-refractivity contribution in [1.82, 2.24) is 25.5 Å². The van der Waals surface area contributed by atoms with E-state index in [0.29, 0.717) is 23.8 Å². The van der Waals surface area contributed by atoms with Crippen LogP contribution >= 0.6 is 11.6 Å². The summed E-state index contributed by atoms with van der Waals surface area (Å²) < 4.78 is 0. The molecule has 3 aromatic rings. The lowest BCUT2D eigenvalue weighted by atomic mass is 10.1. The quantitative estimate of drug-likeness (QED) is 0.610. The molecule has 0 fully saturated rings. The SMILES string of the molecule is CCC(C(=O)NCCc1ccc(N)cc1)n1nnc(-c2ccc(Cl)cc2)n1. The van der Waals surface area contributed by atoms with Gasteiger partial charge in [0.1, 0.15) is 0 Å². The predicted molar refractivity (Wildman–Crippen MR) is 105 cm³/mol. The van der Waals surface area contributed by atoms with Crippen LogP contribution in [-0.4, -0.2) is 32.7 Å². The molecule has 0 saturated heterocycles. The number of aromatic nitrogens is 4. The summed E-state index contributed by atoms with van der Waals surface area (Å²) in [5.41, 5.74) is 8.31. The van der Waals surface area contributed by atoms with Crippen molar-refractivity contribution in [3.8, 4) is 11.4 Å². The van der Waals surface area contributed by atoms with Crippen LogP contribution in [0.15, 0.2) is 48.5 Å². The first-order valence-electron chi connectivity index (χ1n) is 8.74. The highest BCUT2D eigenvalue weighted by Gasteiger charge is 2.21. The van der Waals surface area contributed by atoms with Gasteiger partial charge in [0.2, 0.25) is 11.7 Å². The number of nitrogens with zero attached hydrogens (tertiary/aromatic N) is 4. The maximum Gasteiger partial charge on any atom is 0.246 e. The zero-order valence-electron chi connectivity index (χ0n) is 15.0. The van der Waals surface area contributed by atoms with Crippen LogP contribution in [0.25, 0.3) is 11.4 Å². The van der Waals surface area contributed by atoms with Gasteiger partial charge in [0.05, 0.1) is 0 Å². The van der Waals surface area contributed by atoms with Crippen molar-refractivity contribution in [2.75, 3.05) is 12.3 Å². The Labute approximate surface area is 162 Å². The number of carbonyl (C=O) groups is 1. The lowest BCUT2D eigenvalue weighted by molar-refractivity contribution is -0.125. The number of anilines is 1. The van der Waals surface area contributed by atoms with Crippen molar-refractivity contribution in [2.24, 2.45) is 0 Å². The number of benzene rings is 2. The van der Waals surface area contributed by atoms with Crippen molar-refractivity contribution in [3.63, 3.8) is 0 Å². The zero-order chi connectivity index (χ0) is 19.2. The normalized spacial score (nSPS) is 11.9. The Balaban J connectivity index is 1.61. The molecule has 0 bridgehead atoms. The number of rotatable bonds is 7. The summed E-state index contributed by atoms with van der Waals surface area (Å²) in [5, 5.41) is 16.0. The van der Waals surface area contributed by atoms with Gasteiger partial charge >= 0.3 is 0 Å². The van der Waals surface area contributed by atoms with Crippen molar-refractivity contribution in [1.29, 1.82) is 0 Å². The number of hydrogen-bond donors (Lipinski definition) is 2. The number of nitrogen functional groups attached to an aromatic ring is 1. The van der Waals surface area contributed by atoms with Crippen LogP contribution < -0.4 is 11.1 Å². The molecule has 1 heterocycles. The number of nitrogens with two attached hydrogens (primary N) is 1. The summed E-state index contributed by atoms with van der Waals surface area (Å²) in [4.78, 5) is 13.9. The monoisotopic (exact) mass is 384 g/mol. The minimum Gasteiger partial charge on any atom is -0.399 e. The van der Waals surface area contributed by atoms with E-state index in [-0.39, 0.29) is 5.91 Å². The largest absolute Gasteiger partial charge is 0.399 e. The Morgan fingerprint density at radius 2 is 1.89 bits per heavy atom. The van der Waals surface area contributed by atoms with Crippen LogP contribution in [0.2, 0.25) is 5.02 Å². The average Bonchev–Trinajstić information content (AvgIpc) is 3.14. The fourth-order valence-corrected chi connectivity index (χ4v) is 2.78. The Bertz CT molecular complexity index is 891. The minimum absolute atomic E-state index is 0.131. The van der Waals surface area contributed by atoms with Gasteiger partial charge in [-0.2, -0.15) is 4.80 Å². The van der Waals surface area contributed by atoms with Crippen molar-refractivity contribution in [2.45, 2.75) is 25.8 Å². The lowest BCUT2D eigenvalue weighted by Gasteiger charge is -2.13. The van der Waals surface area contributed by atoms with Gasteiger partial charge < -0.3 is 11.1 Å². The maximum atomic E-state index is 12.5. The second kappa shape index (κ2) is 8.64. The molecule has 1 atom stereocenters. The highest BCUT2D eigenvalue weighted by atomic mass is 35.5. The van der Waals surface area contributed by atoms with Crippen LogP contribution in [0.4, 0.5) is 5.69 Å². The minimum atomic E-state index is -0.509. The molecular weight excluding hydrogens is 364 g/mol. The van der Waals surface area contributed by atoms with Crippen molar-refractivity contribution < 1.29 is 4.79 Å². The van der Waals surface area contributed by atoms with E-state index >= 15 is 0 Å². The molecule has 2 aromatic carbocycles. The van der Waals surface area contributed by atoms with Gasteiger partial charge in [0.15, 0.2) is 6.04 Å². The topological polar surface area (TPSA) is 98.7 Å². The molecule has 0 spiro atoms. The highest BCUT2D eigenvalue weighted by molar-refractivity contribution is 6.30. The summed E-state index contributed by atoms with van der Waals surface area (Å²) in [6, 6.07) is 14.3. The molecule has 140 valence electrons. The molecular formula is C19H21ClN6O. The molecule has 7 nitrogen and oxygen atoms in total. The van der Waals surface area contributed by atoms with Gasteiger partial charge in [-0.3, -0.25) is 4.79 Å². The molecule has 1 aromatic heterocycles. The first-order chi connectivity index (χ1) is 13.1. The molecule has 1 amide bonds. The maximum absolute atomic E-state index is 12.5. The fraction of sp³-hybridized carbons (Fsp3) is 0.263. The third-order valence-electron chi connectivity index (χ3n) is 4.19. The number of halogens is 1. The molecule has 27 heavy (non-hydrogen) atoms. The van der Waals surface area contributed by atoms with Crippen LogP contribution in [0.3, 0.4) is 0 Å². The molecule has 0 aliphatic carbocycles. The first-order valence-corrected chi connectivity index (χ1v) is 9.12. The summed E-state index contributed by atoms with van der Waals surface area (Å²) in [5.74, 6) is 0.327. The third kappa shape index (κ3) is 4.83. The first kappa shape index (κ1) is 18.8. The van der Waals surface area contributed by atoms with Crippen LogP contribution in [0.1, 0.15) is 24.9 Å². The van der Waals surface area contributed by atoms with E-state index < -0.39 is 6.04 Å². The van der Waals surface area contributed by atoms with Gasteiger partial charge in [0.25, 0.3) is 0 Å². The number of tetrazole rings is 1. The molecule has 0 aliphatic rings. The summed E-state index contributed by atoms with van der Waals surface area (Å²) in [6.45, 7) is 2.44. The summed E-state index contributed by atoms with van der Waals surface area (Å²) in [7, 11) is 0. The molecule has 0 radical (unpaired) electrons. The molecule has 0 saturated carbocycles. The van der Waals surface area contributed by atoms with E-state index in [1.807, 2.05) is 43.3 Å². The summed E-state index contributed by atoms with van der Waals surface area (Å²) >= 11 is 5.90. The Morgan fingerprint density at radius 1 is 1.19 bits per heavy atom. The zero-order valence-corrected chi connectivity index (χ0v) is 15.7. The smallest absolute Gasteiger partial charge is 0.246 e. The van der Waals surface area contributed by atoms with Gasteiger partial charge in [-0.1, -0.05) is 30.7 Å². The van der Waals surface area contributed by atoms with Gasteiger partial charge in [0, 0.05) is 22.8 Å². The van der Waals surface area contributed by atoms with Crippen molar-refractivity contribution >= 4 is 23.2 Å². The molecule has 3 N–H and O–H groups in total. The summed E-state index contributed by atoms with van der Waals surface area (Å²) in [6.07, 6.45) is 1.29. The lowest BCUT2D eigenvalue weighted by Crippen LogP contribution is -2.34. The Hall–Kier alpha value is -2.93. The number of nitrogens with one attached hydrogen (secondary N) is 1. The van der Waals surface area contributed by atoms with E-state index in [1.165, 1.54) is 4.80 Å². The van der Waals surface area contributed by atoms with Crippen LogP contribution in [0, 0.1) is 0 Å². The predicted octanol–water partition coefficient (Wildman–Crippen LogP) is 2.89. The molecule has 1 unspecified atom stereocenters. The average molecular weight is 385 g/mol. The van der Waals surface area contributed by atoms with Crippen LogP contribution in [0.5, 0.6) is 0 Å². The Morgan fingerprint density at radius 3 is 2.56 bits per heavy atom. The molecule has 0 aliphatic heterocycles. The molecule has 8 heteroatoms. The van der Waals surface area contributed by atoms with E-state index in [4.69, 9.17) is 17.3 Å². The number of hydrogen-bond acceptors (Lipinski definition) is 5. The van der Waals surface area contributed by atoms with Crippen molar-refractivity contribution in [3.05, 3.63) is 59.1 Å². The van der Waals surface area contributed by atoms with Crippen LogP contribution in [-0.2, 0) is 11.2 Å². The highest BCUT2D eigenvalue weighted by Crippen LogP contribution is 2.18. The third-order valence-corrected chi connectivity index (χ3v) is 4.44. The second-order valence-corrected chi connectivity index (χ2v) is 6.58.